The summed E-state index contributed by atoms with van der Waals surface area (Å²) in [5.74, 6) is 0.268. The third-order valence-corrected chi connectivity index (χ3v) is 2.58. The molecular weight excluding hydrogens is 248 g/mol. The predicted molar refractivity (Wildman–Crippen MR) is 88.6 cm³/mol. The van der Waals surface area contributed by atoms with Gasteiger partial charge in [0.25, 0.3) is 0 Å². The van der Waals surface area contributed by atoms with E-state index in [0.717, 1.165) is 24.8 Å². The number of hydrogen-bond acceptors (Lipinski definition) is 2. The molecule has 0 fully saturated rings. The van der Waals surface area contributed by atoms with Gasteiger partial charge >= 0.3 is 5.97 Å². The maximum Gasteiger partial charge on any atom is 0.330 e. The van der Waals surface area contributed by atoms with Gasteiger partial charge in [-0.1, -0.05) is 50.0 Å². The van der Waals surface area contributed by atoms with Gasteiger partial charge in [0.2, 0.25) is 0 Å². The lowest BCUT2D eigenvalue weighted by Crippen LogP contribution is -2.06. The van der Waals surface area contributed by atoms with Crippen molar-refractivity contribution in [2.75, 3.05) is 6.61 Å². The Balaban J connectivity index is 0. The first-order chi connectivity index (χ1) is 9.33. The molecule has 0 saturated carbocycles. The van der Waals surface area contributed by atoms with Crippen LogP contribution in [0.3, 0.4) is 0 Å². The van der Waals surface area contributed by atoms with Crippen LogP contribution < -0.4 is 0 Å². The van der Waals surface area contributed by atoms with Crippen LogP contribution >= 0.6 is 0 Å². The fourth-order valence-electron chi connectivity index (χ4n) is 1.22. The summed E-state index contributed by atoms with van der Waals surface area (Å²) in [5, 5.41) is 0. The van der Waals surface area contributed by atoms with E-state index in [0.29, 0.717) is 12.5 Å². The first-order valence-corrected chi connectivity index (χ1v) is 7.04. The molecule has 1 atom stereocenters. The van der Waals surface area contributed by atoms with Crippen LogP contribution in [0.15, 0.2) is 49.1 Å². The van der Waals surface area contributed by atoms with E-state index in [1.54, 1.807) is 6.08 Å². The van der Waals surface area contributed by atoms with E-state index >= 15 is 0 Å². The zero-order chi connectivity index (χ0) is 16.0. The minimum Gasteiger partial charge on any atom is -0.463 e. The van der Waals surface area contributed by atoms with Gasteiger partial charge in [0.15, 0.2) is 0 Å². The van der Waals surface area contributed by atoms with Gasteiger partial charge in [-0.15, -0.1) is 0 Å². The van der Waals surface area contributed by atoms with Crippen LogP contribution in [-0.4, -0.2) is 12.6 Å². The summed E-state index contributed by atoms with van der Waals surface area (Å²) >= 11 is 0. The Morgan fingerprint density at radius 1 is 1.15 bits per heavy atom. The van der Waals surface area contributed by atoms with Crippen LogP contribution in [0.5, 0.6) is 0 Å². The lowest BCUT2D eigenvalue weighted by Gasteiger charge is -2.09. The number of carbonyl (C=O) groups excluding carboxylic acids is 1. The molecule has 0 aliphatic carbocycles. The normalized spacial score (nSPS) is 10.4. The Morgan fingerprint density at radius 2 is 1.70 bits per heavy atom. The molecule has 0 bridgehead atoms. The molecule has 0 amide bonds. The topological polar surface area (TPSA) is 26.3 Å². The third-order valence-electron chi connectivity index (χ3n) is 2.58. The van der Waals surface area contributed by atoms with Crippen LogP contribution in [0.4, 0.5) is 0 Å². The molecule has 20 heavy (non-hydrogen) atoms. The van der Waals surface area contributed by atoms with Crippen molar-refractivity contribution in [3.05, 3.63) is 49.1 Å². The number of carbonyl (C=O) groups is 1. The molecule has 114 valence electrons. The van der Waals surface area contributed by atoms with Gasteiger partial charge in [0.05, 0.1) is 6.61 Å². The molecule has 0 aliphatic heterocycles. The summed E-state index contributed by atoms with van der Waals surface area (Å²) < 4.78 is 4.92. The van der Waals surface area contributed by atoms with Gasteiger partial charge < -0.3 is 4.74 Å². The molecule has 0 aliphatic rings. The number of allylic oxidation sites excluding steroid dienone is 4. The van der Waals surface area contributed by atoms with Crippen molar-refractivity contribution >= 4 is 5.97 Å². The standard InChI is InChI=1S/C13H22O2.C5H8/c1-5-13(14)15-10-9-12(4)8-6-7-11(2)3;1-4-5(2)3/h5,7,12H,1,6,8-10H2,2-4H3;4H,1-2H2,3H3. The van der Waals surface area contributed by atoms with Crippen LogP contribution in [0.25, 0.3) is 0 Å². The number of esters is 1. The van der Waals surface area contributed by atoms with Crippen LogP contribution in [0, 0.1) is 5.92 Å². The maximum atomic E-state index is 10.7. The largest absolute Gasteiger partial charge is 0.463 e. The quantitative estimate of drug-likeness (QED) is 0.263. The smallest absolute Gasteiger partial charge is 0.330 e. The van der Waals surface area contributed by atoms with Gasteiger partial charge in [-0.05, 0) is 46.0 Å². The van der Waals surface area contributed by atoms with Crippen molar-refractivity contribution in [2.45, 2.75) is 47.0 Å². The van der Waals surface area contributed by atoms with Crippen molar-refractivity contribution in [1.82, 2.24) is 0 Å². The highest BCUT2D eigenvalue weighted by atomic mass is 16.5. The first-order valence-electron chi connectivity index (χ1n) is 7.04. The summed E-state index contributed by atoms with van der Waals surface area (Å²) in [5.41, 5.74) is 2.38. The summed E-state index contributed by atoms with van der Waals surface area (Å²) in [6.07, 6.45) is 8.35. The van der Waals surface area contributed by atoms with Gasteiger partial charge in [-0.3, -0.25) is 0 Å². The monoisotopic (exact) mass is 278 g/mol. The molecule has 0 heterocycles. The predicted octanol–water partition coefficient (Wildman–Crippen LogP) is 5.24. The second kappa shape index (κ2) is 13.9. The minimum absolute atomic E-state index is 0.327. The highest BCUT2D eigenvalue weighted by Gasteiger charge is 2.02. The maximum absolute atomic E-state index is 10.7. The molecule has 2 nitrogen and oxygen atoms in total. The van der Waals surface area contributed by atoms with E-state index in [2.05, 4.69) is 46.6 Å². The molecule has 2 heteroatoms. The summed E-state index contributed by atoms with van der Waals surface area (Å²) in [6, 6.07) is 0. The Hall–Kier alpha value is -1.57. The van der Waals surface area contributed by atoms with Gasteiger partial charge in [0, 0.05) is 6.08 Å². The number of hydrogen-bond donors (Lipinski definition) is 0. The Morgan fingerprint density at radius 3 is 2.10 bits per heavy atom. The molecule has 1 unspecified atom stereocenters. The molecular formula is C18H30O2. The fourth-order valence-corrected chi connectivity index (χ4v) is 1.22. The number of ether oxygens (including phenoxy) is 1. The Labute approximate surface area is 124 Å². The molecule has 0 aromatic heterocycles. The van der Waals surface area contributed by atoms with Crippen LogP contribution in [0.2, 0.25) is 0 Å². The second-order valence-corrected chi connectivity index (χ2v) is 5.17. The van der Waals surface area contributed by atoms with E-state index in [4.69, 9.17) is 4.74 Å². The average molecular weight is 278 g/mol. The second-order valence-electron chi connectivity index (χ2n) is 5.17. The molecule has 0 saturated heterocycles. The van der Waals surface area contributed by atoms with E-state index in [1.807, 2.05) is 6.92 Å². The van der Waals surface area contributed by atoms with Crippen molar-refractivity contribution in [3.63, 3.8) is 0 Å². The van der Waals surface area contributed by atoms with E-state index in [1.165, 1.54) is 11.6 Å². The zero-order valence-corrected chi connectivity index (χ0v) is 13.6. The summed E-state index contributed by atoms with van der Waals surface area (Å²) in [4.78, 5) is 10.7. The SMILES string of the molecule is C=CC(=C)C.C=CC(=O)OCCC(C)CCC=C(C)C. The van der Waals surface area contributed by atoms with E-state index < -0.39 is 0 Å². The van der Waals surface area contributed by atoms with E-state index in [9.17, 15) is 4.79 Å². The van der Waals surface area contributed by atoms with Crippen molar-refractivity contribution in [3.8, 4) is 0 Å². The third kappa shape index (κ3) is 18.8. The zero-order valence-electron chi connectivity index (χ0n) is 13.6. The number of rotatable bonds is 8. The lowest BCUT2D eigenvalue weighted by molar-refractivity contribution is -0.138. The Kier molecular flexibility index (Phi) is 14.4. The van der Waals surface area contributed by atoms with Crippen molar-refractivity contribution < 1.29 is 9.53 Å². The molecule has 0 rings (SSSR count). The van der Waals surface area contributed by atoms with E-state index in [-0.39, 0.29) is 5.97 Å². The molecule has 0 radical (unpaired) electrons. The highest BCUT2D eigenvalue weighted by molar-refractivity contribution is 5.81. The highest BCUT2D eigenvalue weighted by Crippen LogP contribution is 2.11. The molecule has 0 N–H and O–H groups in total. The summed E-state index contributed by atoms with van der Waals surface area (Å²) in [7, 11) is 0. The minimum atomic E-state index is -0.327. The van der Waals surface area contributed by atoms with Gasteiger partial charge in [-0.2, -0.15) is 0 Å². The molecule has 0 aromatic rings. The van der Waals surface area contributed by atoms with Crippen molar-refractivity contribution in [1.29, 1.82) is 0 Å². The van der Waals surface area contributed by atoms with Crippen LogP contribution in [-0.2, 0) is 9.53 Å². The van der Waals surface area contributed by atoms with Gasteiger partial charge in [0.1, 0.15) is 0 Å². The average Bonchev–Trinajstić information content (AvgIpc) is 2.38. The molecule has 0 spiro atoms. The lowest BCUT2D eigenvalue weighted by atomic mass is 10.0. The Bertz CT molecular complexity index is 333. The molecule has 0 aromatic carbocycles. The summed E-state index contributed by atoms with van der Waals surface area (Å²) in [6.45, 7) is 19.2. The fraction of sp³-hybridized carbons (Fsp3) is 0.500. The van der Waals surface area contributed by atoms with Crippen molar-refractivity contribution in [2.24, 2.45) is 5.92 Å². The first kappa shape index (κ1) is 20.7. The van der Waals surface area contributed by atoms with Crippen LogP contribution in [0.1, 0.15) is 47.0 Å². The van der Waals surface area contributed by atoms with Gasteiger partial charge in [-0.25, -0.2) is 4.79 Å².